The summed E-state index contributed by atoms with van der Waals surface area (Å²) in [7, 11) is 3.05. The fourth-order valence-electron chi connectivity index (χ4n) is 1.53. The topological polar surface area (TPSA) is 56.8 Å². The maximum absolute atomic E-state index is 11.6. The molecule has 0 fully saturated rings. The van der Waals surface area contributed by atoms with Crippen LogP contribution in [0.3, 0.4) is 0 Å². The molecule has 5 heteroatoms. The van der Waals surface area contributed by atoms with Gasteiger partial charge in [0, 0.05) is 14.2 Å². The lowest BCUT2D eigenvalue weighted by Gasteiger charge is -2.22. The second kappa shape index (κ2) is 7.68. The molecule has 0 saturated carbocycles. The molecule has 0 heterocycles. The third-order valence-electron chi connectivity index (χ3n) is 2.37. The van der Waals surface area contributed by atoms with Crippen molar-refractivity contribution in [1.82, 2.24) is 5.32 Å². The van der Waals surface area contributed by atoms with Gasteiger partial charge in [0.1, 0.15) is 5.75 Å². The molecule has 0 aliphatic carbocycles. The van der Waals surface area contributed by atoms with E-state index < -0.39 is 6.29 Å². The lowest BCUT2D eigenvalue weighted by atomic mass is 10.3. The van der Waals surface area contributed by atoms with Crippen LogP contribution in [0, 0.1) is 0 Å². The first kappa shape index (κ1) is 14.5. The third kappa shape index (κ3) is 4.73. The molecule has 0 saturated heterocycles. The Hall–Kier alpha value is -1.59. The van der Waals surface area contributed by atoms with E-state index in [0.717, 1.165) is 0 Å². The smallest absolute Gasteiger partial charge is 0.258 e. The quantitative estimate of drug-likeness (QED) is 0.742. The Morgan fingerprint density at radius 2 is 1.83 bits per heavy atom. The lowest BCUT2D eigenvalue weighted by molar-refractivity contribution is -0.137. The average molecular weight is 253 g/mol. The number of carbonyl (C=O) groups excluding carboxylic acids is 1. The minimum atomic E-state index is -0.467. The van der Waals surface area contributed by atoms with Crippen LogP contribution >= 0.6 is 0 Å². The number of rotatable bonds is 7. The molecule has 0 radical (unpaired) electrons. The van der Waals surface area contributed by atoms with Crippen LogP contribution in [-0.2, 0) is 14.3 Å². The Morgan fingerprint density at radius 3 is 2.39 bits per heavy atom. The normalized spacial score (nSPS) is 12.2. The summed E-state index contributed by atoms with van der Waals surface area (Å²) in [5, 5.41) is 2.74. The van der Waals surface area contributed by atoms with E-state index >= 15 is 0 Å². The number of methoxy groups -OCH3 is 2. The minimum Gasteiger partial charge on any atom is -0.484 e. The van der Waals surface area contributed by atoms with Crippen molar-refractivity contribution < 1.29 is 19.0 Å². The third-order valence-corrected chi connectivity index (χ3v) is 2.37. The van der Waals surface area contributed by atoms with Crippen LogP contribution in [0.5, 0.6) is 5.75 Å². The van der Waals surface area contributed by atoms with Gasteiger partial charge in [-0.15, -0.1) is 0 Å². The van der Waals surface area contributed by atoms with Gasteiger partial charge in [0.25, 0.3) is 5.91 Å². The summed E-state index contributed by atoms with van der Waals surface area (Å²) >= 11 is 0. The maximum atomic E-state index is 11.6. The standard InChI is InChI=1S/C13H19NO4/c1-10(13(16-2)17-3)14-12(15)9-18-11-7-5-4-6-8-11/h4-8,10,13H,9H2,1-3H3,(H,14,15). The molecule has 0 spiro atoms. The SMILES string of the molecule is COC(OC)C(C)NC(=O)COc1ccccc1. The van der Waals surface area contributed by atoms with Crippen LogP contribution in [0.15, 0.2) is 30.3 Å². The molecule has 100 valence electrons. The average Bonchev–Trinajstić information content (AvgIpc) is 2.39. The number of hydrogen-bond donors (Lipinski definition) is 1. The Bertz CT molecular complexity index is 351. The highest BCUT2D eigenvalue weighted by Gasteiger charge is 2.17. The van der Waals surface area contributed by atoms with E-state index in [2.05, 4.69) is 5.32 Å². The molecule has 1 unspecified atom stereocenters. The summed E-state index contributed by atoms with van der Waals surface area (Å²) in [5.41, 5.74) is 0. The summed E-state index contributed by atoms with van der Waals surface area (Å²) in [6.45, 7) is 1.77. The summed E-state index contributed by atoms with van der Waals surface area (Å²) in [6, 6.07) is 8.93. The molecule has 1 aromatic rings. The highest BCUT2D eigenvalue weighted by molar-refractivity contribution is 5.77. The van der Waals surface area contributed by atoms with Crippen molar-refractivity contribution in [2.45, 2.75) is 19.3 Å². The summed E-state index contributed by atoms with van der Waals surface area (Å²) in [4.78, 5) is 11.6. The molecule has 1 rings (SSSR count). The van der Waals surface area contributed by atoms with Crippen molar-refractivity contribution in [3.63, 3.8) is 0 Å². The number of ether oxygens (including phenoxy) is 3. The predicted molar refractivity (Wildman–Crippen MR) is 67.3 cm³/mol. The molecule has 1 atom stereocenters. The highest BCUT2D eigenvalue weighted by atomic mass is 16.7. The molecule has 0 aromatic heterocycles. The van der Waals surface area contributed by atoms with Crippen LogP contribution in [0.1, 0.15) is 6.92 Å². The predicted octanol–water partition coefficient (Wildman–Crippen LogP) is 1.19. The minimum absolute atomic E-state index is 0.0332. The molecule has 0 aliphatic rings. The van der Waals surface area contributed by atoms with E-state index in [1.54, 1.807) is 19.1 Å². The van der Waals surface area contributed by atoms with Crippen molar-refractivity contribution in [3.8, 4) is 5.75 Å². The van der Waals surface area contributed by atoms with Gasteiger partial charge in [-0.25, -0.2) is 0 Å². The van der Waals surface area contributed by atoms with Gasteiger partial charge in [-0.1, -0.05) is 18.2 Å². The Balaban J connectivity index is 2.33. The van der Waals surface area contributed by atoms with E-state index in [0.29, 0.717) is 5.75 Å². The summed E-state index contributed by atoms with van der Waals surface area (Å²) in [5.74, 6) is 0.445. The molecule has 1 amide bonds. The number of nitrogens with one attached hydrogen (secondary N) is 1. The van der Waals surface area contributed by atoms with Crippen molar-refractivity contribution in [3.05, 3.63) is 30.3 Å². The largest absolute Gasteiger partial charge is 0.484 e. The van der Waals surface area contributed by atoms with Gasteiger partial charge in [0.15, 0.2) is 12.9 Å². The van der Waals surface area contributed by atoms with Gasteiger partial charge in [-0.05, 0) is 19.1 Å². The van der Waals surface area contributed by atoms with Crippen molar-refractivity contribution >= 4 is 5.91 Å². The van der Waals surface area contributed by atoms with E-state index in [9.17, 15) is 4.79 Å². The molecular formula is C13H19NO4. The van der Waals surface area contributed by atoms with Crippen LogP contribution in [0.4, 0.5) is 0 Å². The lowest BCUT2D eigenvalue weighted by Crippen LogP contribution is -2.44. The fourth-order valence-corrected chi connectivity index (χ4v) is 1.53. The molecule has 18 heavy (non-hydrogen) atoms. The van der Waals surface area contributed by atoms with Crippen LogP contribution in [0.2, 0.25) is 0 Å². The first-order chi connectivity index (χ1) is 8.67. The van der Waals surface area contributed by atoms with Crippen molar-refractivity contribution in [1.29, 1.82) is 0 Å². The van der Waals surface area contributed by atoms with Crippen LogP contribution in [0.25, 0.3) is 0 Å². The van der Waals surface area contributed by atoms with E-state index in [4.69, 9.17) is 14.2 Å². The molecule has 1 N–H and O–H groups in total. The van der Waals surface area contributed by atoms with Crippen LogP contribution in [-0.4, -0.2) is 39.1 Å². The molecule has 0 aliphatic heterocycles. The molecule has 1 aromatic carbocycles. The zero-order chi connectivity index (χ0) is 13.4. The zero-order valence-corrected chi connectivity index (χ0v) is 10.9. The number of para-hydroxylation sites is 1. The second-order valence-corrected chi connectivity index (χ2v) is 3.80. The van der Waals surface area contributed by atoms with Gasteiger partial charge in [0.05, 0.1) is 6.04 Å². The van der Waals surface area contributed by atoms with Gasteiger partial charge >= 0.3 is 0 Å². The highest BCUT2D eigenvalue weighted by Crippen LogP contribution is 2.07. The monoisotopic (exact) mass is 253 g/mol. The Kier molecular flexibility index (Phi) is 6.18. The zero-order valence-electron chi connectivity index (χ0n) is 10.9. The number of carbonyl (C=O) groups is 1. The molecular weight excluding hydrogens is 234 g/mol. The second-order valence-electron chi connectivity index (χ2n) is 3.80. The number of amides is 1. The molecule has 0 bridgehead atoms. The summed E-state index contributed by atoms with van der Waals surface area (Å²) in [6.07, 6.45) is -0.467. The van der Waals surface area contributed by atoms with E-state index in [1.165, 1.54) is 14.2 Å². The maximum Gasteiger partial charge on any atom is 0.258 e. The van der Waals surface area contributed by atoms with Gasteiger partial charge < -0.3 is 19.5 Å². The first-order valence-corrected chi connectivity index (χ1v) is 5.70. The van der Waals surface area contributed by atoms with Crippen molar-refractivity contribution in [2.24, 2.45) is 0 Å². The van der Waals surface area contributed by atoms with Crippen molar-refractivity contribution in [2.75, 3.05) is 20.8 Å². The van der Waals surface area contributed by atoms with Gasteiger partial charge in [-0.2, -0.15) is 0 Å². The van der Waals surface area contributed by atoms with E-state index in [1.807, 2.05) is 18.2 Å². The summed E-state index contributed by atoms with van der Waals surface area (Å²) < 4.78 is 15.4. The Morgan fingerprint density at radius 1 is 1.22 bits per heavy atom. The number of benzene rings is 1. The molecule has 5 nitrogen and oxygen atoms in total. The van der Waals surface area contributed by atoms with E-state index in [-0.39, 0.29) is 18.6 Å². The first-order valence-electron chi connectivity index (χ1n) is 5.70. The van der Waals surface area contributed by atoms with Crippen LogP contribution < -0.4 is 10.1 Å². The van der Waals surface area contributed by atoms with Gasteiger partial charge in [0.2, 0.25) is 0 Å². The van der Waals surface area contributed by atoms with Gasteiger partial charge in [-0.3, -0.25) is 4.79 Å². The number of hydrogen-bond acceptors (Lipinski definition) is 4. The fraction of sp³-hybridized carbons (Fsp3) is 0.462. The Labute approximate surface area is 107 Å².